The Morgan fingerprint density at radius 3 is 2.59 bits per heavy atom. The lowest BCUT2D eigenvalue weighted by Crippen LogP contribution is -2.19. The molecule has 1 N–H and O–H groups in total. The molecule has 1 saturated heterocycles. The summed E-state index contributed by atoms with van der Waals surface area (Å²) >= 11 is 0. The number of benzene rings is 1. The number of rotatable bonds is 6. The van der Waals surface area contributed by atoms with Crippen molar-refractivity contribution in [3.05, 3.63) is 66.6 Å². The number of para-hydroxylation sites is 1. The maximum absolute atomic E-state index is 12.2. The largest absolute Gasteiger partial charge is 0.357 e. The average molecular weight is 361 g/mol. The minimum atomic E-state index is -0.0156. The molecular weight excluding hydrogens is 338 g/mol. The first-order valence-corrected chi connectivity index (χ1v) is 9.38. The smallest absolute Gasteiger partial charge is 0.224 e. The minimum absolute atomic E-state index is 0.0156. The van der Waals surface area contributed by atoms with Crippen molar-refractivity contribution in [3.63, 3.8) is 0 Å². The molecule has 1 aliphatic rings. The molecule has 1 aromatic carbocycles. The van der Waals surface area contributed by atoms with Gasteiger partial charge in [-0.15, -0.1) is 0 Å². The van der Waals surface area contributed by atoms with Gasteiger partial charge in [0.1, 0.15) is 5.82 Å². The lowest BCUT2D eigenvalue weighted by molar-refractivity contribution is -0.116. The molecule has 0 bridgehead atoms. The number of carbonyl (C=O) groups is 1. The third kappa shape index (κ3) is 4.34. The molecule has 1 fully saturated rings. The van der Waals surface area contributed by atoms with Gasteiger partial charge in [0, 0.05) is 25.7 Å². The Bertz CT molecular complexity index is 882. The van der Waals surface area contributed by atoms with E-state index in [0.717, 1.165) is 35.8 Å². The Hall–Kier alpha value is -3.15. The van der Waals surface area contributed by atoms with Gasteiger partial charge in [-0.1, -0.05) is 18.2 Å². The number of nitrogens with one attached hydrogen (secondary N) is 1. The first-order chi connectivity index (χ1) is 13.3. The molecule has 3 aromatic rings. The Labute approximate surface area is 158 Å². The Kier molecular flexibility index (Phi) is 5.14. The summed E-state index contributed by atoms with van der Waals surface area (Å²) in [5, 5.41) is 7.29. The second-order valence-electron chi connectivity index (χ2n) is 6.78. The SMILES string of the molecule is O=C(CCc1cnn(-c2ccccc2)c1)Nc1ccc(N2CCCC2)nc1. The second kappa shape index (κ2) is 8.03. The van der Waals surface area contributed by atoms with Gasteiger partial charge in [0.25, 0.3) is 0 Å². The lowest BCUT2D eigenvalue weighted by Gasteiger charge is -2.16. The molecule has 0 atom stereocenters. The fourth-order valence-electron chi connectivity index (χ4n) is 3.29. The van der Waals surface area contributed by atoms with Gasteiger partial charge in [-0.05, 0) is 49.1 Å². The van der Waals surface area contributed by atoms with E-state index in [0.29, 0.717) is 12.8 Å². The van der Waals surface area contributed by atoms with Crippen LogP contribution in [-0.2, 0) is 11.2 Å². The van der Waals surface area contributed by atoms with E-state index in [2.05, 4.69) is 20.3 Å². The average Bonchev–Trinajstić information content (AvgIpc) is 3.40. The number of nitrogens with zero attached hydrogens (tertiary/aromatic N) is 4. The van der Waals surface area contributed by atoms with E-state index in [1.54, 1.807) is 6.20 Å². The topological polar surface area (TPSA) is 63.1 Å². The maximum Gasteiger partial charge on any atom is 0.224 e. The van der Waals surface area contributed by atoms with Crippen LogP contribution in [0.1, 0.15) is 24.8 Å². The molecule has 0 spiro atoms. The highest BCUT2D eigenvalue weighted by Crippen LogP contribution is 2.19. The van der Waals surface area contributed by atoms with E-state index in [1.165, 1.54) is 12.8 Å². The first-order valence-electron chi connectivity index (χ1n) is 9.38. The van der Waals surface area contributed by atoms with Crippen molar-refractivity contribution in [1.82, 2.24) is 14.8 Å². The Balaban J connectivity index is 1.29. The highest BCUT2D eigenvalue weighted by molar-refractivity contribution is 5.90. The Morgan fingerprint density at radius 1 is 1.04 bits per heavy atom. The predicted octanol–water partition coefficient (Wildman–Crippen LogP) is 3.44. The number of hydrogen-bond acceptors (Lipinski definition) is 4. The number of aryl methyl sites for hydroxylation is 1. The third-order valence-electron chi connectivity index (χ3n) is 4.76. The molecule has 6 nitrogen and oxygen atoms in total. The van der Waals surface area contributed by atoms with Crippen LogP contribution in [0.5, 0.6) is 0 Å². The summed E-state index contributed by atoms with van der Waals surface area (Å²) in [6, 6.07) is 13.8. The van der Waals surface area contributed by atoms with E-state index in [4.69, 9.17) is 0 Å². The molecule has 0 saturated carbocycles. The van der Waals surface area contributed by atoms with E-state index in [1.807, 2.05) is 59.5 Å². The summed E-state index contributed by atoms with van der Waals surface area (Å²) < 4.78 is 1.83. The summed E-state index contributed by atoms with van der Waals surface area (Å²) in [6.07, 6.45) is 9.02. The second-order valence-corrected chi connectivity index (χ2v) is 6.78. The van der Waals surface area contributed by atoms with Crippen LogP contribution in [0.3, 0.4) is 0 Å². The van der Waals surface area contributed by atoms with Gasteiger partial charge in [-0.2, -0.15) is 5.10 Å². The summed E-state index contributed by atoms with van der Waals surface area (Å²) in [7, 11) is 0. The molecule has 3 heterocycles. The third-order valence-corrected chi connectivity index (χ3v) is 4.76. The van der Waals surface area contributed by atoms with Gasteiger partial charge in [-0.3, -0.25) is 4.79 Å². The molecule has 1 amide bonds. The van der Waals surface area contributed by atoms with Gasteiger partial charge >= 0.3 is 0 Å². The molecule has 0 unspecified atom stereocenters. The van der Waals surface area contributed by atoms with Crippen LogP contribution in [0.15, 0.2) is 61.1 Å². The van der Waals surface area contributed by atoms with Crippen LogP contribution >= 0.6 is 0 Å². The van der Waals surface area contributed by atoms with E-state index in [-0.39, 0.29) is 5.91 Å². The van der Waals surface area contributed by atoms with Crippen molar-refractivity contribution in [2.45, 2.75) is 25.7 Å². The molecule has 4 rings (SSSR count). The first kappa shape index (κ1) is 17.3. The van der Waals surface area contributed by atoms with Crippen LogP contribution in [0.4, 0.5) is 11.5 Å². The zero-order valence-corrected chi connectivity index (χ0v) is 15.2. The van der Waals surface area contributed by atoms with Crippen LogP contribution in [0.2, 0.25) is 0 Å². The predicted molar refractivity (Wildman–Crippen MR) is 106 cm³/mol. The molecule has 2 aromatic heterocycles. The van der Waals surface area contributed by atoms with Crippen molar-refractivity contribution in [1.29, 1.82) is 0 Å². The van der Waals surface area contributed by atoms with E-state index < -0.39 is 0 Å². The van der Waals surface area contributed by atoms with E-state index in [9.17, 15) is 4.79 Å². The summed E-state index contributed by atoms with van der Waals surface area (Å²) in [5.74, 6) is 0.969. The van der Waals surface area contributed by atoms with Gasteiger partial charge in [0.2, 0.25) is 5.91 Å². The zero-order valence-electron chi connectivity index (χ0n) is 15.2. The quantitative estimate of drug-likeness (QED) is 0.730. The summed E-state index contributed by atoms with van der Waals surface area (Å²) in [5.41, 5.74) is 2.79. The van der Waals surface area contributed by atoms with Gasteiger partial charge in [0.15, 0.2) is 0 Å². The van der Waals surface area contributed by atoms with Crippen LogP contribution in [0.25, 0.3) is 5.69 Å². The molecule has 0 radical (unpaired) electrons. The molecule has 6 heteroatoms. The molecule has 0 aliphatic carbocycles. The van der Waals surface area contributed by atoms with Crippen molar-refractivity contribution in [3.8, 4) is 5.69 Å². The molecular formula is C21H23N5O. The number of anilines is 2. The molecule has 27 heavy (non-hydrogen) atoms. The highest BCUT2D eigenvalue weighted by Gasteiger charge is 2.13. The van der Waals surface area contributed by atoms with Crippen molar-refractivity contribution < 1.29 is 4.79 Å². The lowest BCUT2D eigenvalue weighted by atomic mass is 10.2. The monoisotopic (exact) mass is 361 g/mol. The molecule has 138 valence electrons. The zero-order chi connectivity index (χ0) is 18.5. The summed E-state index contributed by atoms with van der Waals surface area (Å²) in [4.78, 5) is 19.0. The van der Waals surface area contributed by atoms with Gasteiger partial charge in [-0.25, -0.2) is 9.67 Å². The standard InChI is InChI=1S/C21H23N5O/c27-21(24-18-9-10-20(22-15-18)25-12-4-5-13-25)11-8-17-14-23-26(16-17)19-6-2-1-3-7-19/h1-3,6-7,9-10,14-16H,4-5,8,11-13H2,(H,24,27). The Morgan fingerprint density at radius 2 is 1.85 bits per heavy atom. The number of amides is 1. The van der Waals surface area contributed by atoms with Crippen LogP contribution < -0.4 is 10.2 Å². The fraction of sp³-hybridized carbons (Fsp3) is 0.286. The maximum atomic E-state index is 12.2. The van der Waals surface area contributed by atoms with Gasteiger partial charge < -0.3 is 10.2 Å². The van der Waals surface area contributed by atoms with Crippen LogP contribution in [-0.4, -0.2) is 33.8 Å². The fourth-order valence-corrected chi connectivity index (χ4v) is 3.29. The molecule has 1 aliphatic heterocycles. The van der Waals surface area contributed by atoms with E-state index >= 15 is 0 Å². The number of pyridine rings is 1. The number of carbonyl (C=O) groups excluding carboxylic acids is 1. The highest BCUT2D eigenvalue weighted by atomic mass is 16.1. The van der Waals surface area contributed by atoms with Crippen molar-refractivity contribution >= 4 is 17.4 Å². The number of aromatic nitrogens is 3. The van der Waals surface area contributed by atoms with Crippen molar-refractivity contribution in [2.24, 2.45) is 0 Å². The van der Waals surface area contributed by atoms with Crippen LogP contribution in [0, 0.1) is 0 Å². The number of hydrogen-bond donors (Lipinski definition) is 1. The van der Waals surface area contributed by atoms with Crippen molar-refractivity contribution in [2.75, 3.05) is 23.3 Å². The minimum Gasteiger partial charge on any atom is -0.357 e. The summed E-state index contributed by atoms with van der Waals surface area (Å²) in [6.45, 7) is 2.13. The normalized spacial score (nSPS) is 13.7. The van der Waals surface area contributed by atoms with Gasteiger partial charge in [0.05, 0.1) is 23.8 Å².